The summed E-state index contributed by atoms with van der Waals surface area (Å²) in [5.41, 5.74) is 1.31. The Kier molecular flexibility index (Phi) is 11.7. The van der Waals surface area contributed by atoms with E-state index in [0.29, 0.717) is 29.4 Å². The molecule has 0 unspecified atom stereocenters. The minimum atomic E-state index is -3.59. The second kappa shape index (κ2) is 14.2. The van der Waals surface area contributed by atoms with Crippen LogP contribution in [-0.2, 0) is 26.2 Å². The molecule has 0 spiro atoms. The SMILES string of the molecule is CC[C@H](C(=O)NCC(C)C)N(Cc1ccc(Cl)cc1)C(=O)CCCN(c1cccc(OC)c1)S(C)(=O)=O. The number of nitrogens with one attached hydrogen (secondary N) is 1. The van der Waals surface area contributed by atoms with Gasteiger partial charge in [0, 0.05) is 37.1 Å². The Hall–Kier alpha value is -2.78. The summed E-state index contributed by atoms with van der Waals surface area (Å²) in [6, 6.07) is 13.3. The summed E-state index contributed by atoms with van der Waals surface area (Å²) in [6.07, 6.45) is 1.94. The lowest BCUT2D eigenvalue weighted by Crippen LogP contribution is -2.49. The number of hydrogen-bond donors (Lipinski definition) is 1. The van der Waals surface area contributed by atoms with Gasteiger partial charge in [0.05, 0.1) is 19.1 Å². The number of amides is 2. The molecular formula is C27H38ClN3O5S. The molecule has 1 N–H and O–H groups in total. The predicted molar refractivity (Wildman–Crippen MR) is 148 cm³/mol. The van der Waals surface area contributed by atoms with Crippen LogP contribution < -0.4 is 14.4 Å². The minimum Gasteiger partial charge on any atom is -0.497 e. The van der Waals surface area contributed by atoms with Crippen molar-refractivity contribution in [2.75, 3.05) is 30.8 Å². The fourth-order valence-corrected chi connectivity index (χ4v) is 4.98. The monoisotopic (exact) mass is 551 g/mol. The summed E-state index contributed by atoms with van der Waals surface area (Å²) in [5.74, 6) is 0.392. The van der Waals surface area contributed by atoms with Crippen molar-refractivity contribution < 1.29 is 22.7 Å². The van der Waals surface area contributed by atoms with Crippen LogP contribution >= 0.6 is 11.6 Å². The molecule has 0 fully saturated rings. The van der Waals surface area contributed by atoms with Gasteiger partial charge in [-0.2, -0.15) is 0 Å². The highest BCUT2D eigenvalue weighted by Crippen LogP contribution is 2.24. The zero-order valence-corrected chi connectivity index (χ0v) is 23.8. The van der Waals surface area contributed by atoms with Crippen molar-refractivity contribution in [3.05, 3.63) is 59.1 Å². The van der Waals surface area contributed by atoms with Crippen LogP contribution in [0.15, 0.2) is 48.5 Å². The topological polar surface area (TPSA) is 96.0 Å². The number of benzene rings is 2. The Balaban J connectivity index is 2.21. The summed E-state index contributed by atoms with van der Waals surface area (Å²) < 4.78 is 31.5. The number of anilines is 1. The van der Waals surface area contributed by atoms with Crippen LogP contribution in [0, 0.1) is 5.92 Å². The number of carbonyl (C=O) groups excluding carboxylic acids is 2. The molecule has 8 nitrogen and oxygen atoms in total. The van der Waals surface area contributed by atoms with Crippen molar-refractivity contribution >= 4 is 39.1 Å². The van der Waals surface area contributed by atoms with Gasteiger partial charge < -0.3 is 15.0 Å². The molecule has 2 aromatic carbocycles. The molecule has 10 heteroatoms. The van der Waals surface area contributed by atoms with Gasteiger partial charge in [-0.3, -0.25) is 13.9 Å². The van der Waals surface area contributed by atoms with Gasteiger partial charge in [0.25, 0.3) is 0 Å². The number of carbonyl (C=O) groups is 2. The van der Waals surface area contributed by atoms with Crippen molar-refractivity contribution in [1.29, 1.82) is 0 Å². The van der Waals surface area contributed by atoms with Crippen molar-refractivity contribution in [1.82, 2.24) is 10.2 Å². The molecule has 0 aliphatic carbocycles. The van der Waals surface area contributed by atoms with Crippen LogP contribution in [0.2, 0.25) is 5.02 Å². The van der Waals surface area contributed by atoms with Gasteiger partial charge in [0.1, 0.15) is 11.8 Å². The maximum Gasteiger partial charge on any atom is 0.242 e. The van der Waals surface area contributed by atoms with Crippen molar-refractivity contribution in [3.63, 3.8) is 0 Å². The Morgan fingerprint density at radius 3 is 2.35 bits per heavy atom. The molecule has 37 heavy (non-hydrogen) atoms. The molecule has 0 saturated carbocycles. The predicted octanol–water partition coefficient (Wildman–Crippen LogP) is 4.47. The first-order valence-corrected chi connectivity index (χ1v) is 14.6. The third kappa shape index (κ3) is 9.55. The van der Waals surface area contributed by atoms with E-state index in [2.05, 4.69) is 5.32 Å². The maximum absolute atomic E-state index is 13.5. The third-order valence-electron chi connectivity index (χ3n) is 5.83. The first-order valence-electron chi connectivity index (χ1n) is 12.4. The number of hydrogen-bond acceptors (Lipinski definition) is 5. The number of nitrogens with zero attached hydrogens (tertiary/aromatic N) is 2. The summed E-state index contributed by atoms with van der Waals surface area (Å²) in [7, 11) is -2.07. The van der Waals surface area contributed by atoms with Crippen LogP contribution in [0.5, 0.6) is 5.75 Å². The Morgan fingerprint density at radius 1 is 1.11 bits per heavy atom. The van der Waals surface area contributed by atoms with Gasteiger partial charge in [-0.25, -0.2) is 8.42 Å². The van der Waals surface area contributed by atoms with E-state index < -0.39 is 16.1 Å². The Morgan fingerprint density at radius 2 is 1.78 bits per heavy atom. The zero-order valence-electron chi connectivity index (χ0n) is 22.2. The van der Waals surface area contributed by atoms with E-state index in [1.807, 2.05) is 32.9 Å². The summed E-state index contributed by atoms with van der Waals surface area (Å²) in [5, 5.41) is 3.52. The van der Waals surface area contributed by atoms with E-state index >= 15 is 0 Å². The average molecular weight is 552 g/mol. The highest BCUT2D eigenvalue weighted by Gasteiger charge is 2.29. The number of rotatable bonds is 14. The quantitative estimate of drug-likeness (QED) is 0.373. The summed E-state index contributed by atoms with van der Waals surface area (Å²) >= 11 is 6.02. The fraction of sp³-hybridized carbons (Fsp3) is 0.481. The normalized spacial score (nSPS) is 12.2. The first kappa shape index (κ1) is 30.4. The van der Waals surface area contributed by atoms with Gasteiger partial charge in [-0.15, -0.1) is 0 Å². The fourth-order valence-electron chi connectivity index (χ4n) is 3.90. The molecule has 2 amide bonds. The van der Waals surface area contributed by atoms with Crippen LogP contribution in [0.3, 0.4) is 0 Å². The highest BCUT2D eigenvalue weighted by molar-refractivity contribution is 7.92. The Labute approximate surface area is 226 Å². The van der Waals surface area contributed by atoms with Gasteiger partial charge in [0.15, 0.2) is 0 Å². The summed E-state index contributed by atoms with van der Waals surface area (Å²) in [4.78, 5) is 28.0. The van der Waals surface area contributed by atoms with Crippen LogP contribution in [-0.4, -0.2) is 57.6 Å². The molecular weight excluding hydrogens is 514 g/mol. The van der Waals surface area contributed by atoms with Crippen molar-refractivity contribution in [3.8, 4) is 5.75 Å². The van der Waals surface area contributed by atoms with Gasteiger partial charge >= 0.3 is 0 Å². The van der Waals surface area contributed by atoms with E-state index in [-0.39, 0.29) is 43.7 Å². The molecule has 0 saturated heterocycles. The molecule has 0 radical (unpaired) electrons. The maximum atomic E-state index is 13.5. The van der Waals surface area contributed by atoms with Gasteiger partial charge in [-0.05, 0) is 48.6 Å². The van der Waals surface area contributed by atoms with E-state index in [0.717, 1.165) is 11.8 Å². The average Bonchev–Trinajstić information content (AvgIpc) is 2.85. The standard InChI is InChI=1S/C27H38ClN3O5S/c1-6-25(27(33)29-18-20(2)3)30(19-21-12-14-22(28)15-13-21)26(32)11-8-16-31(37(5,34)35)23-9-7-10-24(17-23)36-4/h7,9-10,12-15,17,20,25H,6,8,11,16,18-19H2,1-5H3,(H,29,33)/t25-/m1/s1. The van der Waals surface area contributed by atoms with Crippen LogP contribution in [0.25, 0.3) is 0 Å². The van der Waals surface area contributed by atoms with E-state index in [4.69, 9.17) is 16.3 Å². The van der Waals surface area contributed by atoms with Crippen LogP contribution in [0.4, 0.5) is 5.69 Å². The van der Waals surface area contributed by atoms with Gasteiger partial charge in [-0.1, -0.05) is 50.6 Å². The molecule has 0 aliphatic heterocycles. The molecule has 0 aromatic heterocycles. The van der Waals surface area contributed by atoms with E-state index in [1.165, 1.54) is 11.4 Å². The van der Waals surface area contributed by atoms with Gasteiger partial charge in [0.2, 0.25) is 21.8 Å². The lowest BCUT2D eigenvalue weighted by Gasteiger charge is -2.31. The zero-order chi connectivity index (χ0) is 27.6. The van der Waals surface area contributed by atoms with Crippen molar-refractivity contribution in [2.24, 2.45) is 5.92 Å². The third-order valence-corrected chi connectivity index (χ3v) is 7.28. The molecule has 204 valence electrons. The number of methoxy groups -OCH3 is 1. The first-order chi connectivity index (χ1) is 17.5. The van der Waals surface area contributed by atoms with Crippen molar-refractivity contribution in [2.45, 2.75) is 52.6 Å². The smallest absolute Gasteiger partial charge is 0.242 e. The lowest BCUT2D eigenvalue weighted by atomic mass is 10.1. The van der Waals surface area contributed by atoms with E-state index in [9.17, 15) is 18.0 Å². The number of halogens is 1. The lowest BCUT2D eigenvalue weighted by molar-refractivity contribution is -0.141. The largest absolute Gasteiger partial charge is 0.497 e. The molecule has 0 bridgehead atoms. The molecule has 1 atom stereocenters. The molecule has 2 aromatic rings. The minimum absolute atomic E-state index is 0.0809. The molecule has 2 rings (SSSR count). The molecule has 0 heterocycles. The molecule has 0 aliphatic rings. The highest BCUT2D eigenvalue weighted by atomic mass is 35.5. The number of sulfonamides is 1. The second-order valence-corrected chi connectivity index (χ2v) is 11.7. The number of ether oxygens (including phenoxy) is 1. The Bertz CT molecular complexity index is 1140. The second-order valence-electron chi connectivity index (χ2n) is 9.35. The van der Waals surface area contributed by atoms with E-state index in [1.54, 1.807) is 41.3 Å². The summed E-state index contributed by atoms with van der Waals surface area (Å²) in [6.45, 7) is 6.76. The van der Waals surface area contributed by atoms with Crippen LogP contribution in [0.1, 0.15) is 45.6 Å².